The van der Waals surface area contributed by atoms with Crippen molar-refractivity contribution in [2.75, 3.05) is 0 Å². The summed E-state index contributed by atoms with van der Waals surface area (Å²) in [5.74, 6) is -2.99. The Bertz CT molecular complexity index is 1360. The zero-order valence-electron chi connectivity index (χ0n) is 17.0. The maximum atomic E-state index is 13.8. The van der Waals surface area contributed by atoms with E-state index in [2.05, 4.69) is 10.2 Å². The lowest BCUT2D eigenvalue weighted by atomic mass is 9.99. The van der Waals surface area contributed by atoms with E-state index in [4.69, 9.17) is 4.74 Å². The van der Waals surface area contributed by atoms with Crippen molar-refractivity contribution in [2.24, 2.45) is 0 Å². The minimum Gasteiger partial charge on any atom is -0.476 e. The molecule has 0 radical (unpaired) electrons. The number of fused-ring (bicyclic) bond motifs is 1. The zero-order chi connectivity index (χ0) is 22.3. The summed E-state index contributed by atoms with van der Waals surface area (Å²) >= 11 is 0. The molecule has 0 saturated carbocycles. The fourth-order valence-corrected chi connectivity index (χ4v) is 3.26. The van der Waals surface area contributed by atoms with E-state index in [0.29, 0.717) is 22.6 Å². The average molecular weight is 420 g/mol. The van der Waals surface area contributed by atoms with Crippen LogP contribution in [0, 0.1) is 6.92 Å². The van der Waals surface area contributed by atoms with Crippen molar-refractivity contribution in [2.45, 2.75) is 19.6 Å². The smallest absolute Gasteiger partial charge is 0.360 e. The van der Waals surface area contributed by atoms with Crippen LogP contribution in [0.2, 0.25) is 0 Å². The summed E-state index contributed by atoms with van der Waals surface area (Å²) in [6.07, 6.45) is 3.38. The average Bonchev–Trinajstić information content (AvgIpc) is 3.13. The molecule has 0 amide bonds. The molecule has 1 unspecified atom stereocenters. The van der Waals surface area contributed by atoms with Crippen LogP contribution < -0.4 is 10.2 Å². The van der Waals surface area contributed by atoms with Crippen molar-refractivity contribution in [3.63, 3.8) is 0 Å². The second-order valence-corrected chi connectivity index (χ2v) is 7.49. The number of aromatic nitrogens is 4. The number of aromatic carboxylic acids is 1. The van der Waals surface area contributed by atoms with E-state index in [1.54, 1.807) is 54.9 Å². The van der Waals surface area contributed by atoms with Gasteiger partial charge in [0, 0.05) is 6.20 Å². The summed E-state index contributed by atoms with van der Waals surface area (Å²) in [4.78, 5) is 24.8. The van der Waals surface area contributed by atoms with Crippen LogP contribution in [0.4, 0.5) is 4.39 Å². The van der Waals surface area contributed by atoms with Gasteiger partial charge in [0.25, 0.3) is 0 Å². The Morgan fingerprint density at radius 2 is 1.94 bits per heavy atom. The maximum absolute atomic E-state index is 13.8. The number of carboxylic acids is 1. The van der Waals surface area contributed by atoms with Crippen LogP contribution in [0.3, 0.4) is 0 Å². The van der Waals surface area contributed by atoms with Gasteiger partial charge in [-0.2, -0.15) is 10.2 Å². The lowest BCUT2D eigenvalue weighted by Gasteiger charge is -2.18. The number of nitrogens with zero attached hydrogens (tertiary/aromatic N) is 4. The maximum Gasteiger partial charge on any atom is 0.360 e. The molecular weight excluding hydrogens is 402 g/mol. The lowest BCUT2D eigenvalue weighted by Crippen LogP contribution is -2.26. The van der Waals surface area contributed by atoms with Crippen LogP contribution in [0.1, 0.15) is 23.0 Å². The van der Waals surface area contributed by atoms with Crippen molar-refractivity contribution in [3.05, 3.63) is 76.3 Å². The Morgan fingerprint density at radius 1 is 1.23 bits per heavy atom. The molecule has 2 aromatic carbocycles. The quantitative estimate of drug-likeness (QED) is 0.498. The molecule has 2 aromatic heterocycles. The number of rotatable bonds is 5. The zero-order valence-corrected chi connectivity index (χ0v) is 17.0. The van der Waals surface area contributed by atoms with E-state index in [-0.39, 0.29) is 5.39 Å². The van der Waals surface area contributed by atoms with Crippen LogP contribution in [0.25, 0.3) is 22.3 Å². The van der Waals surface area contributed by atoms with Crippen molar-refractivity contribution in [3.8, 4) is 17.1 Å². The number of hydrogen-bond donors (Lipinski definition) is 1. The van der Waals surface area contributed by atoms with Crippen molar-refractivity contribution >= 4 is 24.7 Å². The first-order chi connectivity index (χ1) is 14.6. The van der Waals surface area contributed by atoms with Gasteiger partial charge in [-0.15, -0.1) is 0 Å². The largest absolute Gasteiger partial charge is 0.476 e. The van der Waals surface area contributed by atoms with Crippen molar-refractivity contribution in [1.82, 2.24) is 19.6 Å². The first-order valence-electron chi connectivity index (χ1n) is 9.43. The molecule has 0 aliphatic carbocycles. The third kappa shape index (κ3) is 3.92. The number of benzene rings is 2. The number of hydrogen-bond acceptors (Lipinski definition) is 5. The summed E-state index contributed by atoms with van der Waals surface area (Å²) in [6, 6.07) is 11.4. The Morgan fingerprint density at radius 3 is 2.52 bits per heavy atom. The topological polar surface area (TPSA) is 99.2 Å². The first kappa shape index (κ1) is 20.3. The molecule has 4 aromatic rings. The molecule has 1 N–H and O–H groups in total. The fourth-order valence-electron chi connectivity index (χ4n) is 3.26. The van der Waals surface area contributed by atoms with E-state index in [9.17, 15) is 19.1 Å². The summed E-state index contributed by atoms with van der Waals surface area (Å²) in [5, 5.41) is 18.1. The second-order valence-electron chi connectivity index (χ2n) is 7.49. The van der Waals surface area contributed by atoms with Crippen LogP contribution >= 0.6 is 0 Å². The molecule has 31 heavy (non-hydrogen) atoms. The Balaban J connectivity index is 1.97. The van der Waals surface area contributed by atoms with Crippen LogP contribution in [0.5, 0.6) is 5.75 Å². The van der Waals surface area contributed by atoms with Crippen LogP contribution in [0.15, 0.2) is 59.7 Å². The highest BCUT2D eigenvalue weighted by molar-refractivity contribution is 6.13. The van der Waals surface area contributed by atoms with Gasteiger partial charge in [-0.3, -0.25) is 4.79 Å². The molecule has 0 bridgehead atoms. The standard InChI is InChI=1S/C21H18BFN4O4/c1-12-10-24-26(11-12)15-4-3-5-16-17(15)19(28)18(20(29)30)25-27(16)13-6-8-14(9-7-13)31-21(2,22)23/h3-11H,22H2,1-2H3,(H,29,30). The summed E-state index contributed by atoms with van der Waals surface area (Å²) in [6.45, 7) is 3.15. The normalized spacial score (nSPS) is 13.1. The molecule has 0 saturated heterocycles. The summed E-state index contributed by atoms with van der Waals surface area (Å²) < 4.78 is 21.8. The number of halogens is 1. The van der Waals surface area contributed by atoms with Gasteiger partial charge in [0.2, 0.25) is 24.7 Å². The van der Waals surface area contributed by atoms with Gasteiger partial charge in [0.1, 0.15) is 5.75 Å². The first-order valence-corrected chi connectivity index (χ1v) is 9.43. The van der Waals surface area contributed by atoms with Crippen LogP contribution in [-0.4, -0.2) is 44.2 Å². The second kappa shape index (κ2) is 7.39. The van der Waals surface area contributed by atoms with Crippen LogP contribution in [-0.2, 0) is 0 Å². The highest BCUT2D eigenvalue weighted by atomic mass is 19.2. The number of alkyl halides is 1. The molecule has 8 nitrogen and oxygen atoms in total. The Labute approximate surface area is 176 Å². The van der Waals surface area contributed by atoms with Gasteiger partial charge >= 0.3 is 5.97 Å². The highest BCUT2D eigenvalue weighted by Crippen LogP contribution is 2.24. The van der Waals surface area contributed by atoms with Crippen molar-refractivity contribution in [1.29, 1.82) is 0 Å². The molecule has 0 spiro atoms. The predicted molar refractivity (Wildman–Crippen MR) is 115 cm³/mol. The monoisotopic (exact) mass is 420 g/mol. The Hall–Kier alpha value is -3.95. The molecule has 10 heteroatoms. The molecule has 156 valence electrons. The van der Waals surface area contributed by atoms with E-state index in [0.717, 1.165) is 5.56 Å². The number of carbonyl (C=O) groups is 1. The highest BCUT2D eigenvalue weighted by Gasteiger charge is 2.21. The van der Waals surface area contributed by atoms with E-state index < -0.39 is 22.8 Å². The number of ether oxygens (including phenoxy) is 1. The van der Waals surface area contributed by atoms with Gasteiger partial charge in [-0.1, -0.05) is 6.07 Å². The van der Waals surface area contributed by atoms with E-state index in [1.165, 1.54) is 24.1 Å². The Kier molecular flexibility index (Phi) is 4.85. The third-order valence-corrected chi connectivity index (χ3v) is 4.49. The van der Waals surface area contributed by atoms with Crippen molar-refractivity contribution < 1.29 is 19.0 Å². The minimum absolute atomic E-state index is 0.170. The van der Waals surface area contributed by atoms with E-state index >= 15 is 0 Å². The molecular formula is C21H18BFN4O4. The molecule has 4 rings (SSSR count). The molecule has 0 aliphatic rings. The fraction of sp³-hybridized carbons (Fsp3) is 0.143. The number of carboxylic acid groups (broad SMARTS) is 1. The molecule has 0 aliphatic heterocycles. The van der Waals surface area contributed by atoms with Gasteiger partial charge in [-0.25, -0.2) is 18.5 Å². The molecule has 2 heterocycles. The minimum atomic E-state index is -1.85. The molecule has 0 fully saturated rings. The van der Waals surface area contributed by atoms with E-state index in [1.807, 2.05) is 6.92 Å². The van der Waals surface area contributed by atoms with Gasteiger partial charge in [-0.05, 0) is 55.8 Å². The third-order valence-electron chi connectivity index (χ3n) is 4.49. The summed E-state index contributed by atoms with van der Waals surface area (Å²) in [5.41, 5.74) is 0.880. The SMILES string of the molecule is BC(C)(F)Oc1ccc(-n2nc(C(=O)O)c(=O)c3c(-n4cc(C)cn4)cccc32)cc1. The number of aryl methyl sites for hydroxylation is 1. The summed E-state index contributed by atoms with van der Waals surface area (Å²) in [7, 11) is 1.29. The van der Waals surface area contributed by atoms with Gasteiger partial charge in [0.15, 0.2) is 0 Å². The van der Waals surface area contributed by atoms with Gasteiger partial charge < -0.3 is 9.84 Å². The molecule has 1 atom stereocenters. The van der Waals surface area contributed by atoms with Gasteiger partial charge in [0.05, 0.1) is 28.5 Å². The lowest BCUT2D eigenvalue weighted by molar-refractivity contribution is 0.0391. The predicted octanol–water partition coefficient (Wildman–Crippen LogP) is 2.23.